The minimum absolute atomic E-state index is 0.0341. The Morgan fingerprint density at radius 3 is 2.68 bits per heavy atom. The Balaban J connectivity index is 1.78. The van der Waals surface area contributed by atoms with E-state index in [2.05, 4.69) is 5.32 Å². The Kier molecular flexibility index (Phi) is 5.63. The molecule has 7 nitrogen and oxygen atoms in total. The Labute approximate surface area is 131 Å². The summed E-state index contributed by atoms with van der Waals surface area (Å²) in [5.74, 6) is 0.540. The summed E-state index contributed by atoms with van der Waals surface area (Å²) in [6.45, 7) is 3.06. The lowest BCUT2D eigenvalue weighted by Crippen LogP contribution is -2.48. The summed E-state index contributed by atoms with van der Waals surface area (Å²) in [6.07, 6.45) is 3.62. The van der Waals surface area contributed by atoms with Crippen LogP contribution in [0.5, 0.6) is 0 Å². The van der Waals surface area contributed by atoms with E-state index in [0.29, 0.717) is 18.9 Å². The van der Waals surface area contributed by atoms with Crippen LogP contribution in [-0.4, -0.2) is 79.4 Å². The zero-order chi connectivity index (χ0) is 16.1. The molecule has 2 aliphatic heterocycles. The van der Waals surface area contributed by atoms with E-state index in [-0.39, 0.29) is 24.4 Å². The highest BCUT2D eigenvalue weighted by atomic mass is 16.2. The van der Waals surface area contributed by atoms with Gasteiger partial charge in [-0.25, -0.2) is 4.79 Å². The molecular weight excluding hydrogens is 284 g/mol. The molecule has 124 valence electrons. The van der Waals surface area contributed by atoms with E-state index in [1.807, 2.05) is 9.80 Å². The number of amides is 4. The maximum Gasteiger partial charge on any atom is 0.317 e. The average molecular weight is 310 g/mol. The molecule has 2 rings (SSSR count). The number of rotatable bonds is 4. The van der Waals surface area contributed by atoms with E-state index < -0.39 is 0 Å². The number of carbonyl (C=O) groups excluding carboxylic acids is 3. The van der Waals surface area contributed by atoms with Gasteiger partial charge in [0.05, 0.1) is 6.54 Å². The molecule has 2 saturated heterocycles. The molecule has 1 atom stereocenters. The molecule has 0 aromatic heterocycles. The second kappa shape index (κ2) is 7.47. The summed E-state index contributed by atoms with van der Waals surface area (Å²) in [7, 11) is 3.29. The summed E-state index contributed by atoms with van der Waals surface area (Å²) in [5.41, 5.74) is 0. The minimum Gasteiger partial charge on any atom is -0.342 e. The molecule has 0 aromatic carbocycles. The molecule has 2 fully saturated rings. The predicted octanol–water partition coefficient (Wildman–Crippen LogP) is 0.119. The highest BCUT2D eigenvalue weighted by Gasteiger charge is 2.28. The lowest BCUT2D eigenvalue weighted by atomic mass is 9.97. The quantitative estimate of drug-likeness (QED) is 0.801. The van der Waals surface area contributed by atoms with Gasteiger partial charge in [0.2, 0.25) is 11.8 Å². The van der Waals surface area contributed by atoms with Gasteiger partial charge in [0.25, 0.3) is 0 Å². The predicted molar refractivity (Wildman–Crippen MR) is 82.2 cm³/mol. The number of nitrogens with one attached hydrogen (secondary N) is 1. The van der Waals surface area contributed by atoms with E-state index >= 15 is 0 Å². The molecule has 0 spiro atoms. The van der Waals surface area contributed by atoms with Crippen molar-refractivity contribution in [1.29, 1.82) is 0 Å². The van der Waals surface area contributed by atoms with Crippen LogP contribution >= 0.6 is 0 Å². The van der Waals surface area contributed by atoms with Gasteiger partial charge in [-0.1, -0.05) is 0 Å². The fourth-order valence-corrected chi connectivity index (χ4v) is 3.07. The molecule has 0 radical (unpaired) electrons. The van der Waals surface area contributed by atoms with Crippen molar-refractivity contribution in [3.63, 3.8) is 0 Å². The zero-order valence-corrected chi connectivity index (χ0v) is 13.5. The van der Waals surface area contributed by atoms with E-state index in [4.69, 9.17) is 0 Å². The molecule has 0 bridgehead atoms. The third kappa shape index (κ3) is 4.35. The molecule has 2 heterocycles. The van der Waals surface area contributed by atoms with Crippen LogP contribution in [0.4, 0.5) is 4.79 Å². The second-order valence-electron chi connectivity index (χ2n) is 6.34. The van der Waals surface area contributed by atoms with Gasteiger partial charge in [-0.05, 0) is 25.2 Å². The highest BCUT2D eigenvalue weighted by molar-refractivity contribution is 5.84. The van der Waals surface area contributed by atoms with E-state index in [0.717, 1.165) is 38.9 Å². The third-order valence-electron chi connectivity index (χ3n) is 4.32. The first-order valence-electron chi connectivity index (χ1n) is 7.98. The number of hydrogen-bond donors (Lipinski definition) is 1. The molecule has 0 aromatic rings. The van der Waals surface area contributed by atoms with Crippen LogP contribution in [0.25, 0.3) is 0 Å². The number of likely N-dealkylation sites (tertiary alicyclic amines) is 2. The van der Waals surface area contributed by atoms with Crippen molar-refractivity contribution in [2.45, 2.75) is 25.7 Å². The molecule has 1 N–H and O–H groups in total. The minimum atomic E-state index is -0.260. The zero-order valence-electron chi connectivity index (χ0n) is 13.5. The lowest BCUT2D eigenvalue weighted by molar-refractivity contribution is -0.132. The Morgan fingerprint density at radius 2 is 2.05 bits per heavy atom. The Bertz CT molecular complexity index is 439. The van der Waals surface area contributed by atoms with Crippen LogP contribution in [-0.2, 0) is 9.59 Å². The smallest absolute Gasteiger partial charge is 0.317 e. The van der Waals surface area contributed by atoms with Gasteiger partial charge < -0.3 is 20.0 Å². The highest BCUT2D eigenvalue weighted by Crippen LogP contribution is 2.20. The standard InChI is InChI=1S/C15H26N4O3/c1-17(2)15(22)16-9-14(21)19-7-3-5-12(11-19)10-18-8-4-6-13(18)20/h12H,3-11H2,1-2H3,(H,16,22)/t12-/m1/s1. The van der Waals surface area contributed by atoms with Crippen LogP contribution in [0.1, 0.15) is 25.7 Å². The van der Waals surface area contributed by atoms with Gasteiger partial charge in [0.15, 0.2) is 0 Å². The van der Waals surface area contributed by atoms with Crippen molar-refractivity contribution < 1.29 is 14.4 Å². The first-order valence-corrected chi connectivity index (χ1v) is 7.98. The SMILES string of the molecule is CN(C)C(=O)NCC(=O)N1CCC[C@H](CN2CCCC2=O)C1. The topological polar surface area (TPSA) is 73.0 Å². The first-order chi connectivity index (χ1) is 10.5. The summed E-state index contributed by atoms with van der Waals surface area (Å²) < 4.78 is 0. The number of carbonyl (C=O) groups is 3. The Hall–Kier alpha value is -1.79. The molecule has 0 saturated carbocycles. The Morgan fingerprint density at radius 1 is 1.27 bits per heavy atom. The molecule has 4 amide bonds. The summed E-state index contributed by atoms with van der Waals surface area (Å²) >= 11 is 0. The van der Waals surface area contributed by atoms with Crippen LogP contribution in [0.2, 0.25) is 0 Å². The van der Waals surface area contributed by atoms with Crippen LogP contribution < -0.4 is 5.32 Å². The molecular formula is C15H26N4O3. The van der Waals surface area contributed by atoms with Gasteiger partial charge in [-0.15, -0.1) is 0 Å². The molecule has 2 aliphatic rings. The van der Waals surface area contributed by atoms with E-state index in [1.165, 1.54) is 4.90 Å². The number of piperidine rings is 1. The first kappa shape index (κ1) is 16.6. The number of nitrogens with zero attached hydrogens (tertiary/aromatic N) is 3. The van der Waals surface area contributed by atoms with Crippen molar-refractivity contribution in [1.82, 2.24) is 20.0 Å². The van der Waals surface area contributed by atoms with E-state index in [1.54, 1.807) is 14.1 Å². The summed E-state index contributed by atoms with van der Waals surface area (Å²) in [5, 5.41) is 2.61. The fourth-order valence-electron chi connectivity index (χ4n) is 3.07. The molecule has 0 aliphatic carbocycles. The van der Waals surface area contributed by atoms with Crippen molar-refractivity contribution in [3.05, 3.63) is 0 Å². The monoisotopic (exact) mass is 310 g/mol. The van der Waals surface area contributed by atoms with Gasteiger partial charge in [-0.2, -0.15) is 0 Å². The van der Waals surface area contributed by atoms with Crippen LogP contribution in [0.3, 0.4) is 0 Å². The average Bonchev–Trinajstić information content (AvgIpc) is 2.89. The van der Waals surface area contributed by atoms with Crippen molar-refractivity contribution in [3.8, 4) is 0 Å². The fraction of sp³-hybridized carbons (Fsp3) is 0.800. The number of hydrogen-bond acceptors (Lipinski definition) is 3. The lowest BCUT2D eigenvalue weighted by Gasteiger charge is -2.34. The maximum absolute atomic E-state index is 12.2. The van der Waals surface area contributed by atoms with Gasteiger partial charge >= 0.3 is 6.03 Å². The molecule has 7 heteroatoms. The van der Waals surface area contributed by atoms with Crippen LogP contribution in [0.15, 0.2) is 0 Å². The van der Waals surface area contributed by atoms with Crippen LogP contribution in [0, 0.1) is 5.92 Å². The summed E-state index contributed by atoms with van der Waals surface area (Å²) in [4.78, 5) is 40.5. The molecule has 0 unspecified atom stereocenters. The number of urea groups is 1. The second-order valence-corrected chi connectivity index (χ2v) is 6.34. The molecule has 22 heavy (non-hydrogen) atoms. The largest absolute Gasteiger partial charge is 0.342 e. The van der Waals surface area contributed by atoms with Gasteiger partial charge in [0.1, 0.15) is 0 Å². The third-order valence-corrected chi connectivity index (χ3v) is 4.32. The van der Waals surface area contributed by atoms with Crippen molar-refractivity contribution >= 4 is 17.8 Å². The van der Waals surface area contributed by atoms with E-state index in [9.17, 15) is 14.4 Å². The van der Waals surface area contributed by atoms with Crippen molar-refractivity contribution in [2.24, 2.45) is 5.92 Å². The maximum atomic E-state index is 12.2. The van der Waals surface area contributed by atoms with Gasteiger partial charge in [-0.3, -0.25) is 9.59 Å². The van der Waals surface area contributed by atoms with Gasteiger partial charge in [0, 0.05) is 46.7 Å². The normalized spacial score (nSPS) is 21.9. The summed E-state index contributed by atoms with van der Waals surface area (Å²) in [6, 6.07) is -0.260. The van der Waals surface area contributed by atoms with Crippen molar-refractivity contribution in [2.75, 3.05) is 46.8 Å².